The van der Waals surface area contributed by atoms with E-state index in [9.17, 15) is 4.39 Å². The summed E-state index contributed by atoms with van der Waals surface area (Å²) in [6.45, 7) is 2.89. The second-order valence-corrected chi connectivity index (χ2v) is 7.31. The third-order valence-electron chi connectivity index (χ3n) is 5.43. The normalized spacial score (nSPS) is 25.6. The van der Waals surface area contributed by atoms with Crippen LogP contribution in [0.2, 0.25) is 0 Å². The molecule has 1 aromatic heterocycles. The molecule has 1 unspecified atom stereocenters. The minimum Gasteiger partial charge on any atom is -0.328 e. The largest absolute Gasteiger partial charge is 0.330 e. The molecule has 0 radical (unpaired) electrons. The van der Waals surface area contributed by atoms with Crippen molar-refractivity contribution in [1.29, 1.82) is 0 Å². The fraction of sp³-hybridized carbons (Fsp3) is 0.450. The molecular formula is C20H24FN4+. The zero-order valence-electron chi connectivity index (χ0n) is 14.5. The fourth-order valence-corrected chi connectivity index (χ4v) is 3.98. The van der Waals surface area contributed by atoms with Gasteiger partial charge in [-0.3, -0.25) is 0 Å². The van der Waals surface area contributed by atoms with E-state index in [1.807, 2.05) is 25.3 Å². The second kappa shape index (κ2) is 6.64. The minimum absolute atomic E-state index is 0.0852. The van der Waals surface area contributed by atoms with Crippen molar-refractivity contribution in [2.24, 2.45) is 11.7 Å². The van der Waals surface area contributed by atoms with Gasteiger partial charge in [0.05, 0.1) is 24.2 Å². The molecule has 1 saturated carbocycles. The quantitative estimate of drug-likeness (QED) is 0.873. The highest BCUT2D eigenvalue weighted by molar-refractivity contribution is 5.75. The number of aryl methyl sites for hydroxylation is 1. The Hall–Kier alpha value is -2.14. The molecule has 0 bridgehead atoms. The minimum atomic E-state index is -0.211. The van der Waals surface area contributed by atoms with Gasteiger partial charge in [0.2, 0.25) is 5.82 Å². The Balaban J connectivity index is 1.65. The summed E-state index contributed by atoms with van der Waals surface area (Å²) >= 11 is 0. The molecule has 25 heavy (non-hydrogen) atoms. The van der Waals surface area contributed by atoms with Crippen molar-refractivity contribution in [2.45, 2.75) is 44.6 Å². The van der Waals surface area contributed by atoms with Crippen molar-refractivity contribution >= 4 is 12.0 Å². The number of hydrogen-bond donors (Lipinski definition) is 1. The summed E-state index contributed by atoms with van der Waals surface area (Å²) in [6, 6.07) is 7.10. The summed E-state index contributed by atoms with van der Waals surface area (Å²) in [5, 5.41) is 0. The molecule has 1 aliphatic carbocycles. The van der Waals surface area contributed by atoms with Crippen LogP contribution in [0.3, 0.4) is 0 Å². The third kappa shape index (κ3) is 3.33. The topological polar surface area (TPSA) is 54.8 Å². The van der Waals surface area contributed by atoms with E-state index in [-0.39, 0.29) is 11.7 Å². The van der Waals surface area contributed by atoms with E-state index in [2.05, 4.69) is 15.8 Å². The summed E-state index contributed by atoms with van der Waals surface area (Å²) < 4.78 is 15.6. The van der Waals surface area contributed by atoms with Crippen molar-refractivity contribution in [1.82, 2.24) is 9.97 Å². The monoisotopic (exact) mass is 339 g/mol. The molecule has 4 nitrogen and oxygen atoms in total. The summed E-state index contributed by atoms with van der Waals surface area (Å²) in [6.07, 6.45) is 8.70. The molecule has 2 N–H and O–H groups in total. The number of nitrogens with two attached hydrogens (primary N) is 1. The fourth-order valence-electron chi connectivity index (χ4n) is 3.98. The first-order valence-electron chi connectivity index (χ1n) is 9.06. The van der Waals surface area contributed by atoms with Gasteiger partial charge in [-0.25, -0.2) is 13.9 Å². The summed E-state index contributed by atoms with van der Waals surface area (Å²) in [7, 11) is 0. The number of nitrogens with zero attached hydrogens (tertiary/aromatic N) is 3. The number of fused-ring (bicyclic) bond motifs is 1. The highest BCUT2D eigenvalue weighted by Crippen LogP contribution is 2.35. The molecule has 0 saturated heterocycles. The smallest absolute Gasteiger partial charge is 0.328 e. The van der Waals surface area contributed by atoms with Crippen molar-refractivity contribution in [3.8, 4) is 0 Å². The van der Waals surface area contributed by atoms with Crippen LogP contribution in [-0.4, -0.2) is 33.3 Å². The molecule has 1 atom stereocenters. The van der Waals surface area contributed by atoms with Crippen LogP contribution in [0.25, 0.3) is 0 Å². The molecular weight excluding hydrogens is 315 g/mol. The maximum atomic E-state index is 13.3. The average Bonchev–Trinajstić information content (AvgIpc) is 2.95. The van der Waals surface area contributed by atoms with Gasteiger partial charge in [0, 0.05) is 19.2 Å². The molecule has 2 aliphatic rings. The zero-order chi connectivity index (χ0) is 17.4. The Kier molecular flexibility index (Phi) is 4.34. The lowest BCUT2D eigenvalue weighted by atomic mass is 9.86. The van der Waals surface area contributed by atoms with Crippen molar-refractivity contribution in [3.63, 3.8) is 0 Å². The van der Waals surface area contributed by atoms with Crippen LogP contribution in [0, 0.1) is 18.7 Å². The van der Waals surface area contributed by atoms with E-state index < -0.39 is 0 Å². The van der Waals surface area contributed by atoms with E-state index >= 15 is 0 Å². The van der Waals surface area contributed by atoms with Gasteiger partial charge in [-0.05, 0) is 54.3 Å². The van der Waals surface area contributed by atoms with Crippen molar-refractivity contribution in [3.05, 3.63) is 53.2 Å². The van der Waals surface area contributed by atoms with Crippen LogP contribution in [0.15, 0.2) is 30.5 Å². The standard InChI is InChI=1S/C20H24FN4/c1-13-23-10-18-19(15-4-6-16(21)7-5-15)12-25(20(18)24-13)11-14-2-8-17(22)9-3-14/h4-7,10,12,14,17,19H,2-3,8-9,11,22H2,1H3/q+1. The number of aromatic nitrogens is 2. The van der Waals surface area contributed by atoms with E-state index in [4.69, 9.17) is 10.7 Å². The summed E-state index contributed by atoms with van der Waals surface area (Å²) in [4.78, 5) is 9.08. The van der Waals surface area contributed by atoms with Gasteiger partial charge in [-0.15, -0.1) is 0 Å². The van der Waals surface area contributed by atoms with Gasteiger partial charge < -0.3 is 5.73 Å². The Morgan fingerprint density at radius 2 is 1.88 bits per heavy atom. The van der Waals surface area contributed by atoms with Gasteiger partial charge in [0.15, 0.2) is 0 Å². The van der Waals surface area contributed by atoms with Crippen molar-refractivity contribution in [2.75, 3.05) is 6.54 Å². The summed E-state index contributed by atoms with van der Waals surface area (Å²) in [5.41, 5.74) is 8.21. The van der Waals surface area contributed by atoms with Crippen LogP contribution in [0.4, 0.5) is 10.2 Å². The number of rotatable bonds is 3. The molecule has 0 spiro atoms. The van der Waals surface area contributed by atoms with Gasteiger partial charge in [0.25, 0.3) is 0 Å². The Bertz CT molecular complexity index is 792. The molecule has 0 amide bonds. The van der Waals surface area contributed by atoms with Crippen LogP contribution >= 0.6 is 0 Å². The predicted molar refractivity (Wildman–Crippen MR) is 95.8 cm³/mol. The second-order valence-electron chi connectivity index (χ2n) is 7.31. The molecule has 1 aliphatic heterocycles. The Labute approximate surface area is 147 Å². The van der Waals surface area contributed by atoms with Gasteiger partial charge in [-0.1, -0.05) is 12.1 Å². The van der Waals surface area contributed by atoms with Gasteiger partial charge >= 0.3 is 5.82 Å². The molecule has 2 heterocycles. The highest BCUT2D eigenvalue weighted by Gasteiger charge is 2.34. The van der Waals surface area contributed by atoms with E-state index in [1.165, 1.54) is 25.0 Å². The number of halogens is 1. The van der Waals surface area contributed by atoms with Crippen LogP contribution in [0.5, 0.6) is 0 Å². The third-order valence-corrected chi connectivity index (χ3v) is 5.43. The van der Waals surface area contributed by atoms with Gasteiger partial charge in [0.1, 0.15) is 5.82 Å². The van der Waals surface area contributed by atoms with Crippen LogP contribution in [-0.2, 0) is 0 Å². The maximum absolute atomic E-state index is 13.3. The lowest BCUT2D eigenvalue weighted by molar-refractivity contribution is -0.447. The molecule has 4 rings (SSSR count). The first-order valence-corrected chi connectivity index (χ1v) is 9.06. The molecule has 5 heteroatoms. The van der Waals surface area contributed by atoms with Crippen LogP contribution in [0.1, 0.15) is 48.6 Å². The lowest BCUT2D eigenvalue weighted by Crippen LogP contribution is -2.29. The zero-order valence-corrected chi connectivity index (χ0v) is 14.5. The first-order chi connectivity index (χ1) is 12.1. The maximum Gasteiger partial charge on any atom is 0.330 e. The SMILES string of the molecule is Cc1ncc2c(n1)[N+](CC1CCC(N)CC1)=CC2c1ccc(F)cc1. The molecule has 130 valence electrons. The predicted octanol–water partition coefficient (Wildman–Crippen LogP) is 3.30. The molecule has 1 fully saturated rings. The van der Waals surface area contributed by atoms with Crippen LogP contribution < -0.4 is 5.73 Å². The Morgan fingerprint density at radius 1 is 1.16 bits per heavy atom. The molecule has 1 aromatic carbocycles. The number of hydrogen-bond acceptors (Lipinski definition) is 3. The molecule has 2 aromatic rings. The van der Waals surface area contributed by atoms with E-state index in [1.54, 1.807) is 0 Å². The summed E-state index contributed by atoms with van der Waals surface area (Å²) in [5.74, 6) is 2.30. The first kappa shape index (κ1) is 16.3. The average molecular weight is 339 g/mol. The highest BCUT2D eigenvalue weighted by atomic mass is 19.1. The van der Waals surface area contributed by atoms with Crippen molar-refractivity contribution < 1.29 is 8.97 Å². The van der Waals surface area contributed by atoms with Gasteiger partial charge in [-0.2, -0.15) is 0 Å². The van der Waals surface area contributed by atoms with E-state index in [0.29, 0.717) is 12.0 Å². The van der Waals surface area contributed by atoms with E-state index in [0.717, 1.165) is 42.2 Å². The lowest BCUT2D eigenvalue weighted by Gasteiger charge is -2.25. The Morgan fingerprint density at radius 3 is 2.60 bits per heavy atom. The number of benzene rings is 1.